The van der Waals surface area contributed by atoms with Crippen LogP contribution >= 0.6 is 11.6 Å². The van der Waals surface area contributed by atoms with Gasteiger partial charge in [0.05, 0.1) is 13.7 Å². The minimum atomic E-state index is -0.236. The molecule has 0 unspecified atom stereocenters. The molecule has 0 saturated heterocycles. The second kappa shape index (κ2) is 8.21. The normalized spacial score (nSPS) is 10.9. The van der Waals surface area contributed by atoms with Crippen molar-refractivity contribution in [2.45, 2.75) is 6.54 Å². The van der Waals surface area contributed by atoms with E-state index in [9.17, 15) is 4.79 Å². The molecule has 3 aromatic rings. The van der Waals surface area contributed by atoms with E-state index >= 15 is 0 Å². The molecule has 136 valence electrons. The first-order valence-corrected chi connectivity index (χ1v) is 8.44. The number of hydrogen-bond donors (Lipinski definition) is 0. The van der Waals surface area contributed by atoms with Crippen LogP contribution in [0.25, 0.3) is 11.0 Å². The number of pyridine rings is 1. The molecule has 0 saturated carbocycles. The molecule has 0 N–H and O–H groups in total. The molecular weight excluding hydrogens is 356 g/mol. The molecule has 6 nitrogen and oxygen atoms in total. The van der Waals surface area contributed by atoms with Crippen LogP contribution in [0, 0.1) is 0 Å². The third-order valence-corrected chi connectivity index (χ3v) is 4.14. The summed E-state index contributed by atoms with van der Waals surface area (Å²) in [5, 5.41) is 1.23. The number of carbonyl (C=O) groups excluding carboxylic acids is 1. The van der Waals surface area contributed by atoms with Gasteiger partial charge in [-0.2, -0.15) is 0 Å². The van der Waals surface area contributed by atoms with Gasteiger partial charge in [-0.1, -0.05) is 17.7 Å². The molecule has 0 fully saturated rings. The van der Waals surface area contributed by atoms with Crippen molar-refractivity contribution >= 4 is 28.5 Å². The maximum absolute atomic E-state index is 13.0. The first-order valence-electron chi connectivity index (χ1n) is 8.06. The van der Waals surface area contributed by atoms with Gasteiger partial charge in [-0.3, -0.25) is 9.78 Å². The van der Waals surface area contributed by atoms with Gasteiger partial charge >= 0.3 is 0 Å². The van der Waals surface area contributed by atoms with Crippen molar-refractivity contribution in [2.24, 2.45) is 0 Å². The van der Waals surface area contributed by atoms with Gasteiger partial charge in [0.15, 0.2) is 17.1 Å². The van der Waals surface area contributed by atoms with Gasteiger partial charge in [-0.05, 0) is 23.8 Å². The lowest BCUT2D eigenvalue weighted by atomic mass is 10.2. The number of carbonyl (C=O) groups is 1. The van der Waals surface area contributed by atoms with E-state index in [1.807, 2.05) is 12.1 Å². The summed E-state index contributed by atoms with van der Waals surface area (Å²) in [6.45, 7) is 1.26. The van der Waals surface area contributed by atoms with Gasteiger partial charge in [-0.15, -0.1) is 0 Å². The molecule has 1 aromatic carbocycles. The lowest BCUT2D eigenvalue weighted by molar-refractivity contribution is 0.0651. The number of hydrogen-bond acceptors (Lipinski definition) is 5. The van der Waals surface area contributed by atoms with Crippen molar-refractivity contribution in [2.75, 3.05) is 27.4 Å². The van der Waals surface area contributed by atoms with E-state index in [1.165, 1.54) is 7.11 Å². The number of rotatable bonds is 7. The molecule has 0 spiro atoms. The average molecular weight is 375 g/mol. The molecule has 2 aromatic heterocycles. The van der Waals surface area contributed by atoms with Crippen molar-refractivity contribution in [1.82, 2.24) is 9.88 Å². The quantitative estimate of drug-likeness (QED) is 0.629. The summed E-state index contributed by atoms with van der Waals surface area (Å²) in [5.41, 5.74) is 1.42. The molecule has 0 aliphatic heterocycles. The van der Waals surface area contributed by atoms with Crippen LogP contribution in [0.15, 0.2) is 47.1 Å². The molecule has 0 bridgehead atoms. The predicted octanol–water partition coefficient (Wildman–Crippen LogP) is 3.78. The van der Waals surface area contributed by atoms with E-state index in [4.69, 9.17) is 25.5 Å². The van der Waals surface area contributed by atoms with E-state index in [1.54, 1.807) is 42.6 Å². The van der Waals surface area contributed by atoms with Gasteiger partial charge in [0, 0.05) is 49.1 Å². The Morgan fingerprint density at radius 1 is 1.31 bits per heavy atom. The van der Waals surface area contributed by atoms with Crippen molar-refractivity contribution in [3.05, 3.63) is 59.1 Å². The Balaban J connectivity index is 1.91. The number of furan rings is 1. The fourth-order valence-corrected chi connectivity index (χ4v) is 2.88. The highest BCUT2D eigenvalue weighted by atomic mass is 35.5. The molecule has 0 atom stereocenters. The molecule has 0 aliphatic rings. The first kappa shape index (κ1) is 18.2. The first-order chi connectivity index (χ1) is 12.6. The lowest BCUT2D eigenvalue weighted by Crippen LogP contribution is -2.33. The number of methoxy groups -OCH3 is 2. The molecule has 3 rings (SSSR count). The Kier molecular flexibility index (Phi) is 5.75. The maximum atomic E-state index is 13.0. The van der Waals surface area contributed by atoms with Gasteiger partial charge in [0.1, 0.15) is 0 Å². The van der Waals surface area contributed by atoms with Crippen molar-refractivity contribution in [3.8, 4) is 5.75 Å². The number of ether oxygens (including phenoxy) is 2. The van der Waals surface area contributed by atoms with Crippen LogP contribution in [0.2, 0.25) is 5.02 Å². The number of fused-ring (bicyclic) bond motifs is 1. The monoisotopic (exact) mass is 374 g/mol. The highest BCUT2D eigenvalue weighted by molar-refractivity contribution is 6.31. The molecule has 7 heteroatoms. The highest BCUT2D eigenvalue weighted by Crippen LogP contribution is 2.32. The smallest absolute Gasteiger partial charge is 0.289 e. The summed E-state index contributed by atoms with van der Waals surface area (Å²) in [6.07, 6.45) is 3.43. The summed E-state index contributed by atoms with van der Waals surface area (Å²) < 4.78 is 16.2. The second-order valence-electron chi connectivity index (χ2n) is 5.72. The number of nitrogens with zero attached hydrogens (tertiary/aromatic N) is 2. The standard InChI is InChI=1S/C19H19ClN2O4/c1-24-7-6-22(12-13-4-3-5-21-11-13)19(23)17-9-14-8-15(20)10-16(25-2)18(14)26-17/h3-5,8-11H,6-7,12H2,1-2H3. The topological polar surface area (TPSA) is 64.8 Å². The van der Waals surface area contributed by atoms with Crippen molar-refractivity contribution < 1.29 is 18.7 Å². The molecule has 0 aliphatic carbocycles. The largest absolute Gasteiger partial charge is 0.493 e. The Hall–Kier alpha value is -2.57. The van der Waals surface area contributed by atoms with Crippen LogP contribution in [-0.2, 0) is 11.3 Å². The summed E-state index contributed by atoms with van der Waals surface area (Å²) in [7, 11) is 3.13. The Bertz CT molecular complexity index is 895. The summed E-state index contributed by atoms with van der Waals surface area (Å²) in [5.74, 6) is 0.475. The van der Waals surface area contributed by atoms with E-state index in [-0.39, 0.29) is 11.7 Å². The van der Waals surface area contributed by atoms with E-state index in [0.29, 0.717) is 41.4 Å². The summed E-state index contributed by atoms with van der Waals surface area (Å²) in [4.78, 5) is 18.7. The predicted molar refractivity (Wildman–Crippen MR) is 98.6 cm³/mol. The second-order valence-corrected chi connectivity index (χ2v) is 6.15. The van der Waals surface area contributed by atoms with Crippen LogP contribution in [0.3, 0.4) is 0 Å². The number of aromatic nitrogens is 1. The van der Waals surface area contributed by atoms with E-state index in [2.05, 4.69) is 4.98 Å². The Labute approximate surface area is 156 Å². The average Bonchev–Trinajstić information content (AvgIpc) is 3.08. The minimum Gasteiger partial charge on any atom is -0.493 e. The van der Waals surface area contributed by atoms with E-state index < -0.39 is 0 Å². The lowest BCUT2D eigenvalue weighted by Gasteiger charge is -2.21. The molecule has 0 radical (unpaired) electrons. The number of benzene rings is 1. The van der Waals surface area contributed by atoms with Crippen LogP contribution in [0.1, 0.15) is 16.1 Å². The molecule has 2 heterocycles. The molecule has 1 amide bonds. The third kappa shape index (κ3) is 3.98. The zero-order valence-corrected chi connectivity index (χ0v) is 15.3. The Morgan fingerprint density at radius 3 is 2.85 bits per heavy atom. The van der Waals surface area contributed by atoms with Crippen LogP contribution < -0.4 is 4.74 Å². The van der Waals surface area contributed by atoms with E-state index in [0.717, 1.165) is 5.56 Å². The van der Waals surface area contributed by atoms with Crippen LogP contribution in [-0.4, -0.2) is 43.2 Å². The maximum Gasteiger partial charge on any atom is 0.289 e. The summed E-state index contributed by atoms with van der Waals surface area (Å²) >= 11 is 6.09. The fourth-order valence-electron chi connectivity index (χ4n) is 2.66. The highest BCUT2D eigenvalue weighted by Gasteiger charge is 2.21. The van der Waals surface area contributed by atoms with Crippen molar-refractivity contribution in [3.63, 3.8) is 0 Å². The van der Waals surface area contributed by atoms with Gasteiger partial charge in [-0.25, -0.2) is 0 Å². The fraction of sp³-hybridized carbons (Fsp3) is 0.263. The minimum absolute atomic E-state index is 0.223. The van der Waals surface area contributed by atoms with Crippen LogP contribution in [0.4, 0.5) is 0 Å². The summed E-state index contributed by atoms with van der Waals surface area (Å²) in [6, 6.07) is 8.82. The van der Waals surface area contributed by atoms with Gasteiger partial charge < -0.3 is 18.8 Å². The number of halogens is 1. The zero-order chi connectivity index (χ0) is 18.5. The van der Waals surface area contributed by atoms with Crippen molar-refractivity contribution in [1.29, 1.82) is 0 Å². The number of amides is 1. The van der Waals surface area contributed by atoms with Gasteiger partial charge in [0.2, 0.25) is 0 Å². The van der Waals surface area contributed by atoms with Crippen LogP contribution in [0.5, 0.6) is 5.75 Å². The third-order valence-electron chi connectivity index (χ3n) is 3.93. The molecular formula is C19H19ClN2O4. The molecule has 26 heavy (non-hydrogen) atoms. The SMILES string of the molecule is COCCN(Cc1cccnc1)C(=O)c1cc2cc(Cl)cc(OC)c2o1. The Morgan fingerprint density at radius 2 is 2.15 bits per heavy atom. The van der Waals surface area contributed by atoms with Gasteiger partial charge in [0.25, 0.3) is 5.91 Å². The zero-order valence-electron chi connectivity index (χ0n) is 14.6.